The summed E-state index contributed by atoms with van der Waals surface area (Å²) in [5.41, 5.74) is 1.25. The number of ether oxygens (including phenoxy) is 1. The number of rotatable bonds is 3. The van der Waals surface area contributed by atoms with E-state index in [9.17, 15) is 18.3 Å². The quantitative estimate of drug-likeness (QED) is 0.858. The molecule has 25 heavy (non-hydrogen) atoms. The molecule has 1 aliphatic rings. The number of hydrogen-bond acceptors (Lipinski definition) is 3. The number of aliphatic hydroxyl groups excluding tert-OH is 1. The maximum Gasteiger partial charge on any atom is 0.573 e. The number of hydrogen-bond donors (Lipinski definition) is 2. The van der Waals surface area contributed by atoms with E-state index in [1.165, 1.54) is 18.2 Å². The summed E-state index contributed by atoms with van der Waals surface area (Å²) in [6, 6.07) is 13.8. The van der Waals surface area contributed by atoms with Gasteiger partial charge in [0, 0.05) is 7.05 Å². The molecule has 0 amide bonds. The monoisotopic (exact) mass is 348 g/mol. The number of halogens is 3. The minimum Gasteiger partial charge on any atom is -0.509 e. The molecule has 3 rings (SSSR count). The number of amidine groups is 1. The molecule has 4 nitrogen and oxygen atoms in total. The lowest BCUT2D eigenvalue weighted by Crippen LogP contribution is -2.25. The Labute approximate surface area is 142 Å². The van der Waals surface area contributed by atoms with E-state index in [-0.39, 0.29) is 22.7 Å². The first-order chi connectivity index (χ1) is 11.8. The van der Waals surface area contributed by atoms with Crippen LogP contribution in [0.3, 0.4) is 0 Å². The fourth-order valence-electron chi connectivity index (χ4n) is 2.90. The zero-order valence-corrected chi connectivity index (χ0v) is 13.2. The molecule has 0 saturated heterocycles. The summed E-state index contributed by atoms with van der Waals surface area (Å²) in [6.07, 6.45) is -4.80. The molecule has 0 saturated carbocycles. The first kappa shape index (κ1) is 16.9. The van der Waals surface area contributed by atoms with Gasteiger partial charge in [-0.3, -0.25) is 5.41 Å². The third kappa shape index (κ3) is 3.31. The predicted molar refractivity (Wildman–Crippen MR) is 87.3 cm³/mol. The van der Waals surface area contributed by atoms with Gasteiger partial charge in [0.1, 0.15) is 23.4 Å². The first-order valence-corrected chi connectivity index (χ1v) is 7.44. The number of nitrogens with zero attached hydrogens (tertiary/aromatic N) is 1. The minimum absolute atomic E-state index is 0.0236. The van der Waals surface area contributed by atoms with E-state index < -0.39 is 18.2 Å². The third-order valence-electron chi connectivity index (χ3n) is 3.96. The molecule has 0 radical (unpaired) electrons. The first-order valence-electron chi connectivity index (χ1n) is 7.44. The number of likely N-dealkylation sites (N-methyl/N-ethyl adjacent to an activating group) is 1. The maximum atomic E-state index is 12.4. The van der Waals surface area contributed by atoms with Crippen LogP contribution in [0.2, 0.25) is 0 Å². The molecule has 0 spiro atoms. The molecular formula is C18H15F3N2O2. The van der Waals surface area contributed by atoms with E-state index >= 15 is 0 Å². The Morgan fingerprint density at radius 1 is 1.08 bits per heavy atom. The van der Waals surface area contributed by atoms with Crippen molar-refractivity contribution in [2.45, 2.75) is 12.4 Å². The van der Waals surface area contributed by atoms with Gasteiger partial charge in [-0.05, 0) is 23.3 Å². The average Bonchev–Trinajstić information content (AvgIpc) is 2.76. The second kappa shape index (κ2) is 6.16. The molecule has 1 unspecified atom stereocenters. The molecule has 2 N–H and O–H groups in total. The number of aliphatic hydroxyl groups is 1. The summed E-state index contributed by atoms with van der Waals surface area (Å²) in [5, 5.41) is 18.9. The molecule has 2 aromatic rings. The molecule has 0 fully saturated rings. The van der Waals surface area contributed by atoms with E-state index in [0.717, 1.165) is 11.6 Å². The molecule has 2 aromatic carbocycles. The number of nitrogens with one attached hydrogen (secondary N) is 1. The van der Waals surface area contributed by atoms with E-state index in [1.54, 1.807) is 11.9 Å². The van der Waals surface area contributed by atoms with Crippen LogP contribution in [-0.4, -0.2) is 29.3 Å². The smallest absolute Gasteiger partial charge is 0.509 e. The van der Waals surface area contributed by atoms with Crippen LogP contribution in [0.5, 0.6) is 5.75 Å². The lowest BCUT2D eigenvalue weighted by atomic mass is 10.0. The lowest BCUT2D eigenvalue weighted by Gasteiger charge is -2.22. The van der Waals surface area contributed by atoms with E-state index in [4.69, 9.17) is 5.41 Å². The van der Waals surface area contributed by atoms with Gasteiger partial charge in [0.15, 0.2) is 0 Å². The molecule has 1 aliphatic heterocycles. The van der Waals surface area contributed by atoms with Gasteiger partial charge in [-0.2, -0.15) is 0 Å². The third-order valence-corrected chi connectivity index (χ3v) is 3.96. The van der Waals surface area contributed by atoms with Gasteiger partial charge in [0.05, 0.1) is 5.57 Å². The SMILES string of the molecule is CN1C(=N)C(c2cccc(OC(F)(F)F)c2)=C(O)C1c1ccccc1. The number of benzene rings is 2. The summed E-state index contributed by atoms with van der Waals surface area (Å²) in [5.74, 6) is -0.456. The topological polar surface area (TPSA) is 56.6 Å². The normalized spacial score (nSPS) is 18.0. The Morgan fingerprint density at radius 3 is 2.40 bits per heavy atom. The van der Waals surface area contributed by atoms with E-state index in [1.807, 2.05) is 30.3 Å². The zero-order valence-electron chi connectivity index (χ0n) is 13.2. The van der Waals surface area contributed by atoms with Gasteiger partial charge in [-0.1, -0.05) is 42.5 Å². The summed E-state index contributed by atoms with van der Waals surface area (Å²) < 4.78 is 41.2. The second-order valence-corrected chi connectivity index (χ2v) is 5.61. The maximum absolute atomic E-state index is 12.4. The molecule has 7 heteroatoms. The highest BCUT2D eigenvalue weighted by Gasteiger charge is 2.37. The Bertz CT molecular complexity index is 832. The van der Waals surface area contributed by atoms with Crippen LogP contribution in [0.4, 0.5) is 13.2 Å². The molecule has 1 heterocycles. The largest absolute Gasteiger partial charge is 0.573 e. The Morgan fingerprint density at radius 2 is 1.76 bits per heavy atom. The summed E-state index contributed by atoms with van der Waals surface area (Å²) in [4.78, 5) is 1.57. The van der Waals surface area contributed by atoms with Crippen LogP contribution in [0.1, 0.15) is 17.2 Å². The average molecular weight is 348 g/mol. The predicted octanol–water partition coefficient (Wildman–Crippen LogP) is 4.52. The van der Waals surface area contributed by atoms with Crippen molar-refractivity contribution in [2.75, 3.05) is 7.05 Å². The molecular weight excluding hydrogens is 333 g/mol. The van der Waals surface area contributed by atoms with Crippen molar-refractivity contribution in [2.24, 2.45) is 0 Å². The number of alkyl halides is 3. The Balaban J connectivity index is 2.02. The van der Waals surface area contributed by atoms with Crippen molar-refractivity contribution in [3.05, 3.63) is 71.5 Å². The van der Waals surface area contributed by atoms with Gasteiger partial charge in [-0.15, -0.1) is 13.2 Å². The second-order valence-electron chi connectivity index (χ2n) is 5.61. The van der Waals surface area contributed by atoms with Crippen molar-refractivity contribution < 1.29 is 23.0 Å². The van der Waals surface area contributed by atoms with Gasteiger partial charge in [-0.25, -0.2) is 0 Å². The molecule has 0 bridgehead atoms. The van der Waals surface area contributed by atoms with E-state index in [0.29, 0.717) is 0 Å². The van der Waals surface area contributed by atoms with Gasteiger partial charge >= 0.3 is 6.36 Å². The van der Waals surface area contributed by atoms with Crippen LogP contribution in [0.25, 0.3) is 5.57 Å². The van der Waals surface area contributed by atoms with Crippen LogP contribution in [-0.2, 0) is 0 Å². The van der Waals surface area contributed by atoms with E-state index in [2.05, 4.69) is 4.74 Å². The van der Waals surface area contributed by atoms with Crippen molar-refractivity contribution in [3.63, 3.8) is 0 Å². The van der Waals surface area contributed by atoms with Crippen LogP contribution in [0.15, 0.2) is 60.4 Å². The highest BCUT2D eigenvalue weighted by molar-refractivity contribution is 6.24. The van der Waals surface area contributed by atoms with Gasteiger partial charge in [0.2, 0.25) is 0 Å². The van der Waals surface area contributed by atoms with Crippen molar-refractivity contribution in [3.8, 4) is 5.75 Å². The zero-order chi connectivity index (χ0) is 18.2. The molecule has 0 aromatic heterocycles. The molecule has 1 atom stereocenters. The molecule has 130 valence electrons. The Kier molecular flexibility index (Phi) is 4.16. The highest BCUT2D eigenvalue weighted by Crippen LogP contribution is 2.40. The fourth-order valence-corrected chi connectivity index (χ4v) is 2.90. The van der Waals surface area contributed by atoms with Crippen molar-refractivity contribution in [1.29, 1.82) is 5.41 Å². The summed E-state index contributed by atoms with van der Waals surface area (Å²) in [6.45, 7) is 0. The van der Waals surface area contributed by atoms with Gasteiger partial charge in [0.25, 0.3) is 0 Å². The fraction of sp³-hybridized carbons (Fsp3) is 0.167. The van der Waals surface area contributed by atoms with Crippen LogP contribution < -0.4 is 4.74 Å². The van der Waals surface area contributed by atoms with Crippen molar-refractivity contribution >= 4 is 11.4 Å². The highest BCUT2D eigenvalue weighted by atomic mass is 19.4. The standard InChI is InChI=1S/C18H15F3N2O2/c1-23-15(11-6-3-2-4-7-11)16(24)14(17(23)22)12-8-5-9-13(10-12)25-18(19,20)21/h2-10,15,22,24H,1H3. The van der Waals surface area contributed by atoms with Crippen LogP contribution >= 0.6 is 0 Å². The molecule has 0 aliphatic carbocycles. The van der Waals surface area contributed by atoms with Crippen LogP contribution in [0, 0.1) is 5.41 Å². The minimum atomic E-state index is -4.80. The summed E-state index contributed by atoms with van der Waals surface area (Å²) >= 11 is 0. The lowest BCUT2D eigenvalue weighted by molar-refractivity contribution is -0.274. The van der Waals surface area contributed by atoms with Crippen molar-refractivity contribution in [1.82, 2.24) is 4.90 Å². The van der Waals surface area contributed by atoms with Gasteiger partial charge < -0.3 is 14.7 Å². The Hall–Kier alpha value is -2.96. The summed E-state index contributed by atoms with van der Waals surface area (Å²) in [7, 11) is 1.65.